The van der Waals surface area contributed by atoms with Crippen molar-refractivity contribution in [2.24, 2.45) is 5.41 Å². The molecule has 6 nitrogen and oxygen atoms in total. The third-order valence-corrected chi connectivity index (χ3v) is 4.33. The number of carbonyl (C=O) groups is 2. The van der Waals surface area contributed by atoms with Crippen LogP contribution in [0.3, 0.4) is 0 Å². The highest BCUT2D eigenvalue weighted by Crippen LogP contribution is 2.43. The predicted molar refractivity (Wildman–Crippen MR) is 68.9 cm³/mol. The molecule has 19 heavy (non-hydrogen) atoms. The highest BCUT2D eigenvalue weighted by Gasteiger charge is 2.39. The van der Waals surface area contributed by atoms with Crippen LogP contribution >= 0.6 is 0 Å². The maximum atomic E-state index is 12.0. The number of carbonyl (C=O) groups excluding carboxylic acids is 1. The van der Waals surface area contributed by atoms with Gasteiger partial charge in [0.25, 0.3) is 0 Å². The Morgan fingerprint density at radius 3 is 2.68 bits per heavy atom. The minimum absolute atomic E-state index is 0.132. The fraction of sp³-hybridized carbons (Fsp3) is 0.846. The topological polar surface area (TPSA) is 78.9 Å². The zero-order chi connectivity index (χ0) is 13.9. The van der Waals surface area contributed by atoms with Gasteiger partial charge in [-0.1, -0.05) is 6.42 Å². The van der Waals surface area contributed by atoms with Crippen molar-refractivity contribution >= 4 is 12.0 Å². The minimum Gasteiger partial charge on any atom is -0.481 e. The molecule has 1 heterocycles. The SMILES string of the molecule is CN(C(=O)NCC1(CC(=O)O)CCC1)C1CCOC1. The molecule has 2 rings (SSSR count). The number of nitrogens with one attached hydrogen (secondary N) is 1. The van der Waals surface area contributed by atoms with E-state index in [1.54, 1.807) is 11.9 Å². The highest BCUT2D eigenvalue weighted by atomic mass is 16.5. The third kappa shape index (κ3) is 3.37. The Labute approximate surface area is 113 Å². The van der Waals surface area contributed by atoms with Crippen LogP contribution in [0, 0.1) is 5.41 Å². The Bertz CT molecular complexity index is 349. The number of ether oxygens (including phenoxy) is 1. The molecule has 1 atom stereocenters. The second-order valence-corrected chi connectivity index (χ2v) is 5.71. The standard InChI is InChI=1S/C13H22N2O4/c1-15(10-3-6-19-8-10)12(18)14-9-13(4-2-5-13)7-11(16)17/h10H,2-9H2,1H3,(H,14,18)(H,16,17). The van der Waals surface area contributed by atoms with Gasteiger partial charge < -0.3 is 20.1 Å². The lowest BCUT2D eigenvalue weighted by Crippen LogP contribution is -2.49. The largest absolute Gasteiger partial charge is 0.481 e. The van der Waals surface area contributed by atoms with Crippen molar-refractivity contribution in [3.05, 3.63) is 0 Å². The van der Waals surface area contributed by atoms with Gasteiger partial charge in [0.15, 0.2) is 0 Å². The molecular formula is C13H22N2O4. The van der Waals surface area contributed by atoms with Crippen LogP contribution in [0.1, 0.15) is 32.1 Å². The van der Waals surface area contributed by atoms with E-state index in [0.717, 1.165) is 25.7 Å². The van der Waals surface area contributed by atoms with Gasteiger partial charge in [-0.15, -0.1) is 0 Å². The molecule has 0 bridgehead atoms. The zero-order valence-corrected chi connectivity index (χ0v) is 11.4. The van der Waals surface area contributed by atoms with Gasteiger partial charge in [-0.25, -0.2) is 4.79 Å². The van der Waals surface area contributed by atoms with Crippen molar-refractivity contribution in [1.82, 2.24) is 10.2 Å². The second-order valence-electron chi connectivity index (χ2n) is 5.71. The zero-order valence-electron chi connectivity index (χ0n) is 11.4. The van der Waals surface area contributed by atoms with Crippen molar-refractivity contribution in [3.63, 3.8) is 0 Å². The Balaban J connectivity index is 1.80. The van der Waals surface area contributed by atoms with E-state index in [-0.39, 0.29) is 23.9 Å². The Kier molecular flexibility index (Phi) is 4.29. The molecule has 0 aromatic carbocycles. The molecule has 1 saturated carbocycles. The van der Waals surface area contributed by atoms with Gasteiger partial charge in [-0.2, -0.15) is 0 Å². The summed E-state index contributed by atoms with van der Waals surface area (Å²) in [7, 11) is 1.76. The first-order valence-electron chi connectivity index (χ1n) is 6.83. The first-order chi connectivity index (χ1) is 9.02. The van der Waals surface area contributed by atoms with Crippen LogP contribution in [0.2, 0.25) is 0 Å². The summed E-state index contributed by atoms with van der Waals surface area (Å²) >= 11 is 0. The summed E-state index contributed by atoms with van der Waals surface area (Å²) in [5, 5.41) is 11.8. The molecule has 2 fully saturated rings. The molecule has 1 aliphatic carbocycles. The number of nitrogens with zero attached hydrogens (tertiary/aromatic N) is 1. The van der Waals surface area contributed by atoms with Crippen LogP contribution < -0.4 is 5.32 Å². The number of hydrogen-bond donors (Lipinski definition) is 2. The Morgan fingerprint density at radius 2 is 2.21 bits per heavy atom. The molecule has 2 aliphatic rings. The first-order valence-corrected chi connectivity index (χ1v) is 6.83. The van der Waals surface area contributed by atoms with E-state index in [1.165, 1.54) is 0 Å². The summed E-state index contributed by atoms with van der Waals surface area (Å²) < 4.78 is 5.26. The number of carboxylic acid groups (broad SMARTS) is 1. The normalized spacial score (nSPS) is 24.6. The summed E-state index contributed by atoms with van der Waals surface area (Å²) in [6, 6.07) is 0.00368. The molecule has 108 valence electrons. The lowest BCUT2D eigenvalue weighted by Gasteiger charge is -2.41. The van der Waals surface area contributed by atoms with Gasteiger partial charge in [-0.3, -0.25) is 4.79 Å². The van der Waals surface area contributed by atoms with E-state index >= 15 is 0 Å². The number of aliphatic carboxylic acids is 1. The van der Waals surface area contributed by atoms with Crippen LogP contribution in [0.5, 0.6) is 0 Å². The van der Waals surface area contributed by atoms with E-state index in [1.807, 2.05) is 0 Å². The summed E-state index contributed by atoms with van der Waals surface area (Å²) in [6.07, 6.45) is 3.83. The van der Waals surface area contributed by atoms with E-state index in [0.29, 0.717) is 19.8 Å². The molecule has 0 spiro atoms. The van der Waals surface area contributed by atoms with Gasteiger partial charge in [0, 0.05) is 20.2 Å². The number of carboxylic acids is 1. The monoisotopic (exact) mass is 270 g/mol. The maximum absolute atomic E-state index is 12.0. The molecule has 6 heteroatoms. The van der Waals surface area contributed by atoms with Crippen molar-refractivity contribution in [1.29, 1.82) is 0 Å². The fourth-order valence-electron chi connectivity index (χ4n) is 2.79. The number of urea groups is 1. The van der Waals surface area contributed by atoms with E-state index in [9.17, 15) is 9.59 Å². The fourth-order valence-corrected chi connectivity index (χ4v) is 2.79. The minimum atomic E-state index is -0.786. The van der Waals surface area contributed by atoms with Crippen molar-refractivity contribution in [2.75, 3.05) is 26.8 Å². The number of likely N-dealkylation sites (N-methyl/N-ethyl adjacent to an activating group) is 1. The molecule has 1 unspecified atom stereocenters. The second kappa shape index (κ2) is 5.77. The summed E-state index contributed by atoms with van der Waals surface area (Å²) in [5.74, 6) is -0.786. The van der Waals surface area contributed by atoms with Crippen LogP contribution in [0.25, 0.3) is 0 Å². The quantitative estimate of drug-likeness (QED) is 0.783. The summed E-state index contributed by atoms with van der Waals surface area (Å²) in [5.41, 5.74) is -0.228. The highest BCUT2D eigenvalue weighted by molar-refractivity contribution is 5.74. The first kappa shape index (κ1) is 14.1. The third-order valence-electron chi connectivity index (χ3n) is 4.33. The molecule has 2 amide bonds. The van der Waals surface area contributed by atoms with Crippen molar-refractivity contribution in [2.45, 2.75) is 38.1 Å². The van der Waals surface area contributed by atoms with Crippen LogP contribution in [0.4, 0.5) is 4.79 Å². The molecule has 0 aromatic rings. The predicted octanol–water partition coefficient (Wildman–Crippen LogP) is 1.06. The summed E-state index contributed by atoms with van der Waals surface area (Å²) in [6.45, 7) is 1.74. The summed E-state index contributed by atoms with van der Waals surface area (Å²) in [4.78, 5) is 24.5. The van der Waals surface area contributed by atoms with Crippen molar-refractivity contribution < 1.29 is 19.4 Å². The average molecular weight is 270 g/mol. The molecular weight excluding hydrogens is 248 g/mol. The number of hydrogen-bond acceptors (Lipinski definition) is 3. The van der Waals surface area contributed by atoms with E-state index in [4.69, 9.17) is 9.84 Å². The lowest BCUT2D eigenvalue weighted by atomic mass is 9.66. The van der Waals surface area contributed by atoms with Crippen LogP contribution in [0.15, 0.2) is 0 Å². The Morgan fingerprint density at radius 1 is 1.47 bits per heavy atom. The van der Waals surface area contributed by atoms with Crippen molar-refractivity contribution in [3.8, 4) is 0 Å². The van der Waals surface area contributed by atoms with Gasteiger partial charge in [0.05, 0.1) is 19.1 Å². The maximum Gasteiger partial charge on any atom is 0.317 e. The van der Waals surface area contributed by atoms with Crippen LogP contribution in [-0.4, -0.2) is 54.9 Å². The van der Waals surface area contributed by atoms with Gasteiger partial charge in [0.1, 0.15) is 0 Å². The van der Waals surface area contributed by atoms with Crippen LogP contribution in [-0.2, 0) is 9.53 Å². The number of rotatable bonds is 5. The average Bonchev–Trinajstić information content (AvgIpc) is 2.84. The number of amides is 2. The lowest BCUT2D eigenvalue weighted by molar-refractivity contribution is -0.141. The van der Waals surface area contributed by atoms with Gasteiger partial charge in [-0.05, 0) is 24.7 Å². The Hall–Kier alpha value is -1.30. The molecule has 2 N–H and O–H groups in total. The smallest absolute Gasteiger partial charge is 0.317 e. The van der Waals surface area contributed by atoms with E-state index < -0.39 is 5.97 Å². The van der Waals surface area contributed by atoms with E-state index in [2.05, 4.69) is 5.32 Å². The molecule has 1 aliphatic heterocycles. The van der Waals surface area contributed by atoms with Gasteiger partial charge >= 0.3 is 12.0 Å². The molecule has 0 radical (unpaired) electrons. The van der Waals surface area contributed by atoms with Gasteiger partial charge in [0.2, 0.25) is 0 Å². The molecule has 1 saturated heterocycles. The molecule has 0 aromatic heterocycles.